The summed E-state index contributed by atoms with van der Waals surface area (Å²) >= 11 is 0. The van der Waals surface area contributed by atoms with Gasteiger partial charge in [0.25, 0.3) is 0 Å². The van der Waals surface area contributed by atoms with Crippen LogP contribution >= 0.6 is 0 Å². The molecule has 0 aliphatic carbocycles. The van der Waals surface area contributed by atoms with Crippen molar-refractivity contribution in [3.05, 3.63) is 0 Å². The van der Waals surface area contributed by atoms with Crippen LogP contribution < -0.4 is 5.32 Å². The number of carbonyl (C=O) groups is 1. The molecule has 0 aliphatic rings. The average molecular weight is 300 g/mol. The van der Waals surface area contributed by atoms with Crippen LogP contribution in [0.4, 0.5) is 0 Å². The van der Waals surface area contributed by atoms with E-state index in [1.54, 1.807) is 0 Å². The van der Waals surface area contributed by atoms with Gasteiger partial charge in [-0.1, -0.05) is 19.8 Å². The van der Waals surface area contributed by atoms with Crippen LogP contribution in [-0.4, -0.2) is 49.2 Å². The molecule has 0 radical (unpaired) electrons. The molecule has 126 valence electrons. The van der Waals surface area contributed by atoms with Crippen molar-refractivity contribution in [2.75, 3.05) is 26.7 Å². The fourth-order valence-electron chi connectivity index (χ4n) is 2.61. The van der Waals surface area contributed by atoms with Gasteiger partial charge in [0.2, 0.25) is 0 Å². The number of nitrogens with one attached hydrogen (secondary N) is 1. The summed E-state index contributed by atoms with van der Waals surface area (Å²) in [6.45, 7) is 12.8. The van der Waals surface area contributed by atoms with Gasteiger partial charge in [-0.05, 0) is 67.1 Å². The smallest absolute Gasteiger partial charge is 0.326 e. The van der Waals surface area contributed by atoms with Crippen molar-refractivity contribution in [2.24, 2.45) is 0 Å². The Bertz CT molecular complexity index is 282. The third-order valence-corrected chi connectivity index (χ3v) is 3.69. The molecule has 1 atom stereocenters. The second-order valence-corrected chi connectivity index (χ2v) is 6.47. The zero-order valence-electron chi connectivity index (χ0n) is 15.0. The minimum atomic E-state index is -0.575. The lowest BCUT2D eigenvalue weighted by Gasteiger charge is -2.31. The van der Waals surface area contributed by atoms with Gasteiger partial charge in [-0.15, -0.1) is 0 Å². The highest BCUT2D eigenvalue weighted by atomic mass is 16.5. The van der Waals surface area contributed by atoms with Crippen molar-refractivity contribution in [1.29, 1.82) is 0 Å². The molecule has 0 spiro atoms. The molecule has 0 rings (SSSR count). The largest absolute Gasteiger partial charge is 0.465 e. The topological polar surface area (TPSA) is 41.6 Å². The molecule has 1 N–H and O–H groups in total. The number of nitrogens with zero attached hydrogens (tertiary/aromatic N) is 1. The monoisotopic (exact) mass is 300 g/mol. The van der Waals surface area contributed by atoms with Crippen LogP contribution in [0.25, 0.3) is 0 Å². The van der Waals surface area contributed by atoms with E-state index in [4.69, 9.17) is 4.74 Å². The summed E-state index contributed by atoms with van der Waals surface area (Å²) < 4.78 is 5.23. The van der Waals surface area contributed by atoms with E-state index in [0.717, 1.165) is 25.9 Å². The van der Waals surface area contributed by atoms with Gasteiger partial charge in [-0.25, -0.2) is 0 Å². The van der Waals surface area contributed by atoms with Crippen LogP contribution in [-0.2, 0) is 9.53 Å². The normalized spacial score (nSPS) is 14.5. The molecular formula is C17H36N2O2. The van der Waals surface area contributed by atoms with Gasteiger partial charge in [0.15, 0.2) is 0 Å². The van der Waals surface area contributed by atoms with Crippen molar-refractivity contribution in [3.8, 4) is 0 Å². The van der Waals surface area contributed by atoms with Gasteiger partial charge in [0.05, 0.1) is 6.61 Å². The lowest BCUT2D eigenvalue weighted by atomic mass is 9.94. The highest BCUT2D eigenvalue weighted by Crippen LogP contribution is 2.16. The Morgan fingerprint density at radius 3 is 2.33 bits per heavy atom. The first-order chi connectivity index (χ1) is 9.85. The molecule has 0 aromatic heterocycles. The van der Waals surface area contributed by atoms with Crippen LogP contribution in [0.2, 0.25) is 0 Å². The Morgan fingerprint density at radius 2 is 1.81 bits per heavy atom. The zero-order chi connectivity index (χ0) is 16.3. The lowest BCUT2D eigenvalue weighted by molar-refractivity contribution is -0.151. The van der Waals surface area contributed by atoms with Gasteiger partial charge in [0.1, 0.15) is 5.54 Å². The highest BCUT2D eigenvalue weighted by Gasteiger charge is 2.34. The number of ether oxygens (including phenoxy) is 1. The second-order valence-electron chi connectivity index (χ2n) is 6.47. The summed E-state index contributed by atoms with van der Waals surface area (Å²) in [5.41, 5.74) is -0.575. The van der Waals surface area contributed by atoms with Gasteiger partial charge in [-0.2, -0.15) is 0 Å². The third kappa shape index (κ3) is 9.10. The molecule has 0 saturated heterocycles. The molecule has 21 heavy (non-hydrogen) atoms. The number of carbonyl (C=O) groups excluding carboxylic acids is 1. The molecule has 0 bridgehead atoms. The van der Waals surface area contributed by atoms with Crippen LogP contribution in [0.15, 0.2) is 0 Å². The van der Waals surface area contributed by atoms with E-state index in [2.05, 4.69) is 38.0 Å². The number of hydrogen-bond donors (Lipinski definition) is 1. The Morgan fingerprint density at radius 1 is 1.19 bits per heavy atom. The fourth-order valence-corrected chi connectivity index (χ4v) is 2.61. The van der Waals surface area contributed by atoms with Crippen LogP contribution in [0.1, 0.15) is 66.7 Å². The van der Waals surface area contributed by atoms with Crippen molar-refractivity contribution < 1.29 is 9.53 Å². The average Bonchev–Trinajstić information content (AvgIpc) is 2.38. The van der Waals surface area contributed by atoms with Crippen molar-refractivity contribution in [2.45, 2.75) is 78.3 Å². The lowest BCUT2D eigenvalue weighted by Crippen LogP contribution is -2.53. The predicted octanol–water partition coefficient (Wildman–Crippen LogP) is 3.21. The van der Waals surface area contributed by atoms with Crippen molar-refractivity contribution >= 4 is 5.97 Å². The molecule has 1 unspecified atom stereocenters. The second kappa shape index (κ2) is 11.0. The van der Waals surface area contributed by atoms with E-state index in [0.29, 0.717) is 6.61 Å². The predicted molar refractivity (Wildman–Crippen MR) is 89.6 cm³/mol. The summed E-state index contributed by atoms with van der Waals surface area (Å²) in [5, 5.41) is 3.37. The minimum Gasteiger partial charge on any atom is -0.465 e. The zero-order valence-corrected chi connectivity index (χ0v) is 15.0. The maximum atomic E-state index is 12.2. The van der Waals surface area contributed by atoms with Crippen molar-refractivity contribution in [1.82, 2.24) is 10.2 Å². The minimum absolute atomic E-state index is 0.132. The van der Waals surface area contributed by atoms with E-state index in [9.17, 15) is 4.79 Å². The standard InChI is InChI=1S/C17H36N2O2/c1-7-9-10-13-19(6)14-11-12-17(5,18-15(3)4)16(20)21-8-2/h15,18H,7-14H2,1-6H3. The molecule has 0 saturated carbocycles. The quantitative estimate of drug-likeness (QED) is 0.444. The molecule has 0 aromatic rings. The maximum Gasteiger partial charge on any atom is 0.326 e. The number of hydrogen-bond acceptors (Lipinski definition) is 4. The van der Waals surface area contributed by atoms with Crippen LogP contribution in [0, 0.1) is 0 Å². The summed E-state index contributed by atoms with van der Waals surface area (Å²) in [4.78, 5) is 14.5. The van der Waals surface area contributed by atoms with Gasteiger partial charge in [0, 0.05) is 6.04 Å². The van der Waals surface area contributed by atoms with E-state index in [1.165, 1.54) is 19.3 Å². The summed E-state index contributed by atoms with van der Waals surface area (Å²) in [6.07, 6.45) is 5.61. The Hall–Kier alpha value is -0.610. The Kier molecular flexibility index (Phi) is 10.7. The summed E-state index contributed by atoms with van der Waals surface area (Å²) in [7, 11) is 2.16. The number of esters is 1. The molecule has 4 nitrogen and oxygen atoms in total. The maximum absolute atomic E-state index is 12.2. The molecule has 4 heteroatoms. The van der Waals surface area contributed by atoms with E-state index < -0.39 is 5.54 Å². The summed E-state index contributed by atoms with van der Waals surface area (Å²) in [5.74, 6) is -0.132. The van der Waals surface area contributed by atoms with E-state index >= 15 is 0 Å². The molecule has 0 aliphatic heterocycles. The molecular weight excluding hydrogens is 264 g/mol. The fraction of sp³-hybridized carbons (Fsp3) is 0.941. The SMILES string of the molecule is CCCCCN(C)CCCC(C)(NC(C)C)C(=O)OCC. The first-order valence-corrected chi connectivity index (χ1v) is 8.49. The van der Waals surface area contributed by atoms with Gasteiger partial charge in [-0.3, -0.25) is 10.1 Å². The van der Waals surface area contributed by atoms with E-state index in [1.807, 2.05) is 13.8 Å². The van der Waals surface area contributed by atoms with Crippen LogP contribution in [0.3, 0.4) is 0 Å². The third-order valence-electron chi connectivity index (χ3n) is 3.69. The first kappa shape index (κ1) is 20.4. The van der Waals surface area contributed by atoms with E-state index in [-0.39, 0.29) is 12.0 Å². The van der Waals surface area contributed by atoms with Gasteiger partial charge < -0.3 is 9.64 Å². The Labute approximate surface area is 131 Å². The summed E-state index contributed by atoms with van der Waals surface area (Å²) in [6, 6.07) is 0.265. The van der Waals surface area contributed by atoms with Crippen molar-refractivity contribution in [3.63, 3.8) is 0 Å². The van der Waals surface area contributed by atoms with Crippen LogP contribution in [0.5, 0.6) is 0 Å². The molecule has 0 heterocycles. The molecule has 0 aromatic carbocycles. The number of unbranched alkanes of at least 4 members (excludes halogenated alkanes) is 2. The molecule has 0 amide bonds. The van der Waals surface area contributed by atoms with Gasteiger partial charge >= 0.3 is 5.97 Å². The first-order valence-electron chi connectivity index (χ1n) is 8.49. The molecule has 0 fully saturated rings. The number of rotatable bonds is 12. The highest BCUT2D eigenvalue weighted by molar-refractivity contribution is 5.80. The Balaban J connectivity index is 4.26.